The monoisotopic (exact) mass is 569 g/mol. The standard InChI is InChI=1S/C36H44FN3O2/c1-23-10-7-16-31(23)38-27-19-17-25(18-20-27)33-29(34(41)39-28-13-8-12-26(22-28)36(3,4)5)14-9-21-40(33)35(42)32-24(2)11-6-15-30(32)37/h6,8,11-13,15,17-20,22-23,29,31,33,38H,7,9-10,14,16,21H2,1-5H3,(H,39,41)/t23?,29-,31?,33-/m0/s1. The number of rotatable bonds is 6. The van der Waals surface area contributed by atoms with Gasteiger partial charge in [-0.25, -0.2) is 4.39 Å². The molecule has 1 heterocycles. The fourth-order valence-corrected chi connectivity index (χ4v) is 6.61. The Hall–Kier alpha value is -3.67. The van der Waals surface area contributed by atoms with Crippen molar-refractivity contribution < 1.29 is 14.0 Å². The zero-order valence-corrected chi connectivity index (χ0v) is 25.5. The molecule has 1 saturated heterocycles. The van der Waals surface area contributed by atoms with Crippen molar-refractivity contribution in [3.63, 3.8) is 0 Å². The van der Waals surface area contributed by atoms with Gasteiger partial charge >= 0.3 is 0 Å². The summed E-state index contributed by atoms with van der Waals surface area (Å²) in [7, 11) is 0. The van der Waals surface area contributed by atoms with Crippen molar-refractivity contribution in [3.05, 3.63) is 94.8 Å². The maximum absolute atomic E-state index is 15.0. The summed E-state index contributed by atoms with van der Waals surface area (Å²) >= 11 is 0. The second-order valence-electron chi connectivity index (χ2n) is 13.2. The number of aryl methyl sites for hydroxylation is 1. The average Bonchev–Trinajstić information content (AvgIpc) is 3.36. The first-order valence-electron chi connectivity index (χ1n) is 15.4. The zero-order chi connectivity index (χ0) is 30.0. The van der Waals surface area contributed by atoms with Gasteiger partial charge < -0.3 is 15.5 Å². The number of hydrogen-bond donors (Lipinski definition) is 2. The predicted octanol–water partition coefficient (Wildman–Crippen LogP) is 8.26. The van der Waals surface area contributed by atoms with Crippen LogP contribution in [-0.4, -0.2) is 29.3 Å². The fraction of sp³-hybridized carbons (Fsp3) is 0.444. The number of anilines is 2. The summed E-state index contributed by atoms with van der Waals surface area (Å²) in [5.74, 6) is -0.887. The lowest BCUT2D eigenvalue weighted by molar-refractivity contribution is -0.123. The Morgan fingerprint density at radius 2 is 1.64 bits per heavy atom. The number of carbonyl (C=O) groups is 2. The van der Waals surface area contributed by atoms with Crippen molar-refractivity contribution in [1.29, 1.82) is 0 Å². The molecule has 2 N–H and O–H groups in total. The van der Waals surface area contributed by atoms with E-state index in [1.165, 1.54) is 18.9 Å². The fourth-order valence-electron chi connectivity index (χ4n) is 6.61. The summed E-state index contributed by atoms with van der Waals surface area (Å²) in [5, 5.41) is 6.82. The first-order chi connectivity index (χ1) is 20.0. The van der Waals surface area contributed by atoms with Crippen LogP contribution in [-0.2, 0) is 10.2 Å². The molecule has 1 saturated carbocycles. The Kier molecular flexibility index (Phi) is 8.72. The predicted molar refractivity (Wildman–Crippen MR) is 168 cm³/mol. The van der Waals surface area contributed by atoms with Crippen LogP contribution in [0.25, 0.3) is 0 Å². The summed E-state index contributed by atoms with van der Waals surface area (Å²) in [6.45, 7) is 10.9. The van der Waals surface area contributed by atoms with Gasteiger partial charge in [-0.1, -0.05) is 70.5 Å². The Morgan fingerprint density at radius 1 is 0.905 bits per heavy atom. The van der Waals surface area contributed by atoms with E-state index in [1.807, 2.05) is 42.5 Å². The Morgan fingerprint density at radius 3 is 2.31 bits per heavy atom. The van der Waals surface area contributed by atoms with Crippen LogP contribution in [0.1, 0.15) is 92.9 Å². The first kappa shape index (κ1) is 29.8. The number of piperidine rings is 1. The van der Waals surface area contributed by atoms with E-state index in [1.54, 1.807) is 24.0 Å². The van der Waals surface area contributed by atoms with Gasteiger partial charge in [0.25, 0.3) is 5.91 Å². The van der Waals surface area contributed by atoms with Crippen molar-refractivity contribution in [2.75, 3.05) is 17.2 Å². The van der Waals surface area contributed by atoms with Gasteiger partial charge in [0.2, 0.25) is 5.91 Å². The molecule has 222 valence electrons. The van der Waals surface area contributed by atoms with Gasteiger partial charge in [0.1, 0.15) is 5.82 Å². The minimum absolute atomic E-state index is 0.0545. The number of halogens is 1. The largest absolute Gasteiger partial charge is 0.382 e. The molecule has 42 heavy (non-hydrogen) atoms. The Labute approximate surface area is 249 Å². The lowest BCUT2D eigenvalue weighted by Gasteiger charge is -2.41. The molecule has 4 atom stereocenters. The molecule has 0 spiro atoms. The van der Waals surface area contributed by atoms with Gasteiger partial charge in [0, 0.05) is 24.0 Å². The zero-order valence-electron chi connectivity index (χ0n) is 25.5. The molecule has 3 aromatic carbocycles. The maximum Gasteiger partial charge on any atom is 0.257 e. The quantitative estimate of drug-likeness (QED) is 0.314. The highest BCUT2D eigenvalue weighted by molar-refractivity contribution is 5.98. The molecule has 2 unspecified atom stereocenters. The first-order valence-corrected chi connectivity index (χ1v) is 15.4. The minimum Gasteiger partial charge on any atom is -0.382 e. The summed E-state index contributed by atoms with van der Waals surface area (Å²) in [4.78, 5) is 29.6. The highest BCUT2D eigenvalue weighted by Crippen LogP contribution is 2.39. The van der Waals surface area contributed by atoms with E-state index in [0.717, 1.165) is 28.9 Å². The molecule has 0 bridgehead atoms. The third-order valence-corrected chi connectivity index (χ3v) is 9.13. The molecule has 2 amide bonds. The second-order valence-corrected chi connectivity index (χ2v) is 13.2. The van der Waals surface area contributed by atoms with E-state index in [9.17, 15) is 9.59 Å². The van der Waals surface area contributed by atoms with Gasteiger partial charge in [0.05, 0.1) is 17.5 Å². The van der Waals surface area contributed by atoms with E-state index >= 15 is 4.39 Å². The van der Waals surface area contributed by atoms with Crippen LogP contribution >= 0.6 is 0 Å². The van der Waals surface area contributed by atoms with Gasteiger partial charge in [-0.2, -0.15) is 0 Å². The number of nitrogens with zero attached hydrogens (tertiary/aromatic N) is 1. The Balaban J connectivity index is 1.47. The Bertz CT molecular complexity index is 1410. The SMILES string of the molecule is Cc1cccc(F)c1C(=O)N1CCC[C@H](C(=O)Nc2cccc(C(C)(C)C)c2)[C@@H]1c1ccc(NC2CCCC2C)cc1. The minimum atomic E-state index is -0.533. The van der Waals surface area contributed by atoms with Crippen molar-refractivity contribution in [2.24, 2.45) is 11.8 Å². The van der Waals surface area contributed by atoms with Crippen LogP contribution in [0.4, 0.5) is 15.8 Å². The molecule has 3 aromatic rings. The van der Waals surface area contributed by atoms with E-state index < -0.39 is 17.8 Å². The van der Waals surface area contributed by atoms with Crippen molar-refractivity contribution in [1.82, 2.24) is 4.90 Å². The molecule has 5 nitrogen and oxygen atoms in total. The van der Waals surface area contributed by atoms with Crippen molar-refractivity contribution in [3.8, 4) is 0 Å². The molecule has 2 fully saturated rings. The van der Waals surface area contributed by atoms with E-state index in [2.05, 4.69) is 44.4 Å². The molecule has 1 aliphatic carbocycles. The lowest BCUT2D eigenvalue weighted by atomic mass is 9.83. The van der Waals surface area contributed by atoms with Crippen molar-refractivity contribution >= 4 is 23.2 Å². The van der Waals surface area contributed by atoms with Crippen LogP contribution < -0.4 is 10.6 Å². The van der Waals surface area contributed by atoms with Gasteiger partial charge in [-0.3, -0.25) is 9.59 Å². The van der Waals surface area contributed by atoms with E-state index in [0.29, 0.717) is 36.9 Å². The third-order valence-electron chi connectivity index (χ3n) is 9.13. The molecule has 6 heteroatoms. The van der Waals surface area contributed by atoms with Crippen molar-refractivity contribution in [2.45, 2.75) is 84.2 Å². The summed E-state index contributed by atoms with van der Waals surface area (Å²) in [6.07, 6.45) is 4.93. The second kappa shape index (κ2) is 12.3. The number of nitrogens with one attached hydrogen (secondary N) is 2. The van der Waals surface area contributed by atoms with Crippen LogP contribution in [0.5, 0.6) is 0 Å². The number of amides is 2. The van der Waals surface area contributed by atoms with Crippen LogP contribution in [0.3, 0.4) is 0 Å². The molecule has 5 rings (SSSR count). The average molecular weight is 570 g/mol. The summed E-state index contributed by atoms with van der Waals surface area (Å²) < 4.78 is 15.0. The van der Waals surface area contributed by atoms with E-state index in [4.69, 9.17) is 0 Å². The topological polar surface area (TPSA) is 61.4 Å². The highest BCUT2D eigenvalue weighted by Gasteiger charge is 2.40. The molecule has 0 aromatic heterocycles. The highest BCUT2D eigenvalue weighted by atomic mass is 19.1. The maximum atomic E-state index is 15.0. The number of benzene rings is 3. The van der Waals surface area contributed by atoms with Crippen LogP contribution in [0, 0.1) is 24.6 Å². The number of hydrogen-bond acceptors (Lipinski definition) is 3. The van der Waals surface area contributed by atoms with Gasteiger partial charge in [0.15, 0.2) is 0 Å². The molecule has 2 aliphatic rings. The number of carbonyl (C=O) groups excluding carboxylic acids is 2. The molecule has 0 radical (unpaired) electrons. The lowest BCUT2D eigenvalue weighted by Crippen LogP contribution is -2.46. The van der Waals surface area contributed by atoms with Gasteiger partial charge in [-0.15, -0.1) is 0 Å². The third kappa shape index (κ3) is 6.38. The van der Waals surface area contributed by atoms with E-state index in [-0.39, 0.29) is 22.8 Å². The number of likely N-dealkylation sites (tertiary alicyclic amines) is 1. The van der Waals surface area contributed by atoms with Crippen LogP contribution in [0.15, 0.2) is 66.7 Å². The normalized spacial score (nSPS) is 22.6. The molecular weight excluding hydrogens is 525 g/mol. The summed E-state index contributed by atoms with van der Waals surface area (Å²) in [5.41, 5.74) is 4.41. The van der Waals surface area contributed by atoms with Gasteiger partial charge in [-0.05, 0) is 91.0 Å². The molecular formula is C36H44FN3O2. The summed E-state index contributed by atoms with van der Waals surface area (Å²) in [6, 6.07) is 20.7. The molecule has 1 aliphatic heterocycles. The smallest absolute Gasteiger partial charge is 0.257 e. The van der Waals surface area contributed by atoms with Crippen LogP contribution in [0.2, 0.25) is 0 Å².